The second-order valence-electron chi connectivity index (χ2n) is 7.96. The summed E-state index contributed by atoms with van der Waals surface area (Å²) in [6, 6.07) is 19.1. The van der Waals surface area contributed by atoms with Gasteiger partial charge in [-0.2, -0.15) is 0 Å². The smallest absolute Gasteiger partial charge is 0.110 e. The third-order valence-corrected chi connectivity index (χ3v) is 6.44. The maximum absolute atomic E-state index is 4.84. The van der Waals surface area contributed by atoms with Gasteiger partial charge in [-0.3, -0.25) is 4.98 Å². The monoisotopic (exact) mass is 355 g/mol. The molecular formula is C24H25N3. The van der Waals surface area contributed by atoms with Gasteiger partial charge in [-0.1, -0.05) is 37.3 Å². The molecule has 0 saturated heterocycles. The Labute approximate surface area is 159 Å². The molecule has 1 fully saturated rings. The van der Waals surface area contributed by atoms with E-state index < -0.39 is 0 Å². The maximum Gasteiger partial charge on any atom is 0.110 e. The Hall–Kier alpha value is -2.68. The van der Waals surface area contributed by atoms with Gasteiger partial charge in [0.05, 0.1) is 16.6 Å². The predicted molar refractivity (Wildman–Crippen MR) is 111 cm³/mol. The number of imidazole rings is 1. The number of benzene rings is 2. The number of pyridine rings is 1. The Morgan fingerprint density at radius 3 is 2.44 bits per heavy atom. The van der Waals surface area contributed by atoms with Crippen LogP contribution in [0, 0.1) is 5.92 Å². The number of aromatic amines is 1. The summed E-state index contributed by atoms with van der Waals surface area (Å²) in [5.74, 6) is 2.98. The maximum atomic E-state index is 4.84. The summed E-state index contributed by atoms with van der Waals surface area (Å²) in [6.07, 6.45) is 7.01. The lowest BCUT2D eigenvalue weighted by Gasteiger charge is -2.32. The third kappa shape index (κ3) is 3.01. The number of H-pyrrole nitrogens is 1. The zero-order chi connectivity index (χ0) is 18.2. The highest BCUT2D eigenvalue weighted by Gasteiger charge is 2.29. The fourth-order valence-corrected chi connectivity index (χ4v) is 4.82. The first-order valence-corrected chi connectivity index (χ1v) is 10.1. The molecule has 0 bridgehead atoms. The molecule has 0 spiro atoms. The standard InChI is InChI=1S/C24H25N3/c1-16(24-26-22-8-4-5-9-23(22)27-24)17-10-12-18(13-11-17)19-14-15-25-21-7-3-2-6-20(19)21/h2-9,14-18H,10-13H2,1H3,(H,26,27)/t16-,17?,18?/m1/s1. The molecule has 4 aromatic rings. The Morgan fingerprint density at radius 2 is 1.63 bits per heavy atom. The second kappa shape index (κ2) is 6.80. The Balaban J connectivity index is 1.33. The summed E-state index contributed by atoms with van der Waals surface area (Å²) >= 11 is 0. The molecule has 1 aliphatic carbocycles. The number of rotatable bonds is 3. The van der Waals surface area contributed by atoms with E-state index in [2.05, 4.69) is 71.5 Å². The van der Waals surface area contributed by atoms with Crippen LogP contribution in [0.15, 0.2) is 60.8 Å². The number of aromatic nitrogens is 3. The molecular weight excluding hydrogens is 330 g/mol. The van der Waals surface area contributed by atoms with Crippen LogP contribution in [0.3, 0.4) is 0 Å². The molecule has 136 valence electrons. The van der Waals surface area contributed by atoms with Gasteiger partial charge in [0.15, 0.2) is 0 Å². The van der Waals surface area contributed by atoms with Crippen molar-refractivity contribution in [3.05, 3.63) is 72.2 Å². The van der Waals surface area contributed by atoms with E-state index in [-0.39, 0.29) is 0 Å². The number of nitrogens with zero attached hydrogens (tertiary/aromatic N) is 2. The minimum Gasteiger partial charge on any atom is -0.342 e. The molecule has 1 saturated carbocycles. The summed E-state index contributed by atoms with van der Waals surface area (Å²) in [4.78, 5) is 12.9. The van der Waals surface area contributed by atoms with Gasteiger partial charge in [-0.25, -0.2) is 4.98 Å². The molecule has 1 N–H and O–H groups in total. The van der Waals surface area contributed by atoms with Gasteiger partial charge in [0.25, 0.3) is 0 Å². The van der Waals surface area contributed by atoms with Crippen molar-refractivity contribution in [1.29, 1.82) is 0 Å². The molecule has 0 amide bonds. The van der Waals surface area contributed by atoms with E-state index in [0.717, 1.165) is 22.4 Å². The molecule has 3 nitrogen and oxygen atoms in total. The quantitative estimate of drug-likeness (QED) is 0.476. The van der Waals surface area contributed by atoms with Crippen molar-refractivity contribution in [2.75, 3.05) is 0 Å². The van der Waals surface area contributed by atoms with Crippen molar-refractivity contribution in [1.82, 2.24) is 15.0 Å². The van der Waals surface area contributed by atoms with Gasteiger partial charge in [-0.15, -0.1) is 0 Å². The van der Waals surface area contributed by atoms with Crippen LogP contribution in [0.25, 0.3) is 21.9 Å². The Bertz CT molecular complexity index is 1030. The van der Waals surface area contributed by atoms with Crippen molar-refractivity contribution in [2.24, 2.45) is 5.92 Å². The topological polar surface area (TPSA) is 41.6 Å². The van der Waals surface area contributed by atoms with Crippen LogP contribution in [0.4, 0.5) is 0 Å². The van der Waals surface area contributed by atoms with E-state index in [1.807, 2.05) is 6.20 Å². The van der Waals surface area contributed by atoms with Crippen LogP contribution < -0.4 is 0 Å². The fourth-order valence-electron chi connectivity index (χ4n) is 4.82. The van der Waals surface area contributed by atoms with E-state index in [9.17, 15) is 0 Å². The lowest BCUT2D eigenvalue weighted by Crippen LogP contribution is -2.19. The van der Waals surface area contributed by atoms with Crippen molar-refractivity contribution >= 4 is 21.9 Å². The molecule has 27 heavy (non-hydrogen) atoms. The second-order valence-corrected chi connectivity index (χ2v) is 7.96. The minimum atomic E-state index is 0.479. The average Bonchev–Trinajstić information content (AvgIpc) is 3.17. The van der Waals surface area contributed by atoms with Crippen LogP contribution in [0.2, 0.25) is 0 Å². The lowest BCUT2D eigenvalue weighted by atomic mass is 9.73. The van der Waals surface area contributed by atoms with E-state index in [0.29, 0.717) is 17.8 Å². The molecule has 2 heterocycles. The molecule has 3 heteroatoms. The number of fused-ring (bicyclic) bond motifs is 2. The van der Waals surface area contributed by atoms with E-state index >= 15 is 0 Å². The predicted octanol–water partition coefficient (Wildman–Crippen LogP) is 6.19. The summed E-state index contributed by atoms with van der Waals surface area (Å²) in [6.45, 7) is 2.34. The summed E-state index contributed by atoms with van der Waals surface area (Å²) in [7, 11) is 0. The molecule has 5 rings (SSSR count). The number of hydrogen-bond acceptors (Lipinski definition) is 2. The zero-order valence-electron chi connectivity index (χ0n) is 15.7. The normalized spacial score (nSPS) is 21.5. The first-order chi connectivity index (χ1) is 13.3. The molecule has 0 radical (unpaired) electrons. The fraction of sp³-hybridized carbons (Fsp3) is 0.333. The van der Waals surface area contributed by atoms with E-state index in [4.69, 9.17) is 4.98 Å². The van der Waals surface area contributed by atoms with Crippen molar-refractivity contribution < 1.29 is 0 Å². The zero-order valence-corrected chi connectivity index (χ0v) is 15.7. The Morgan fingerprint density at radius 1 is 0.889 bits per heavy atom. The first-order valence-electron chi connectivity index (χ1n) is 10.1. The highest BCUT2D eigenvalue weighted by Crippen LogP contribution is 2.42. The van der Waals surface area contributed by atoms with Gasteiger partial charge in [0, 0.05) is 17.5 Å². The van der Waals surface area contributed by atoms with Gasteiger partial charge in [0.1, 0.15) is 5.82 Å². The summed E-state index contributed by atoms with van der Waals surface area (Å²) in [5.41, 5.74) is 4.83. The van der Waals surface area contributed by atoms with Crippen LogP contribution >= 0.6 is 0 Å². The van der Waals surface area contributed by atoms with Crippen LogP contribution in [-0.4, -0.2) is 15.0 Å². The van der Waals surface area contributed by atoms with E-state index in [1.54, 1.807) is 0 Å². The van der Waals surface area contributed by atoms with Crippen LogP contribution in [0.5, 0.6) is 0 Å². The first kappa shape index (κ1) is 16.5. The molecule has 1 atom stereocenters. The van der Waals surface area contributed by atoms with Crippen LogP contribution in [0.1, 0.15) is 55.8 Å². The van der Waals surface area contributed by atoms with Crippen molar-refractivity contribution in [2.45, 2.75) is 44.4 Å². The molecule has 2 aromatic carbocycles. The molecule has 2 aromatic heterocycles. The minimum absolute atomic E-state index is 0.479. The van der Waals surface area contributed by atoms with Crippen LogP contribution in [-0.2, 0) is 0 Å². The highest BCUT2D eigenvalue weighted by molar-refractivity contribution is 5.82. The third-order valence-electron chi connectivity index (χ3n) is 6.44. The molecule has 0 unspecified atom stereocenters. The highest BCUT2D eigenvalue weighted by atomic mass is 14.9. The summed E-state index contributed by atoms with van der Waals surface area (Å²) in [5, 5.41) is 1.33. The average molecular weight is 355 g/mol. The number of para-hydroxylation sites is 3. The lowest BCUT2D eigenvalue weighted by molar-refractivity contribution is 0.286. The number of hydrogen-bond donors (Lipinski definition) is 1. The van der Waals surface area contributed by atoms with Gasteiger partial charge < -0.3 is 4.98 Å². The Kier molecular flexibility index (Phi) is 4.16. The molecule has 1 aliphatic rings. The van der Waals surface area contributed by atoms with Gasteiger partial charge in [-0.05, 0) is 67.3 Å². The van der Waals surface area contributed by atoms with Gasteiger partial charge in [0.2, 0.25) is 0 Å². The van der Waals surface area contributed by atoms with Crippen molar-refractivity contribution in [3.8, 4) is 0 Å². The van der Waals surface area contributed by atoms with Gasteiger partial charge >= 0.3 is 0 Å². The van der Waals surface area contributed by atoms with Crippen molar-refractivity contribution in [3.63, 3.8) is 0 Å². The largest absolute Gasteiger partial charge is 0.342 e. The van der Waals surface area contributed by atoms with E-state index in [1.165, 1.54) is 36.6 Å². The number of nitrogens with one attached hydrogen (secondary N) is 1. The molecule has 0 aliphatic heterocycles. The summed E-state index contributed by atoms with van der Waals surface area (Å²) < 4.78 is 0. The SMILES string of the molecule is C[C@@H](c1nc2ccccc2[nH]1)C1CCC(c2ccnc3ccccc23)CC1.